The highest BCUT2D eigenvalue weighted by atomic mass is 16.5. The van der Waals surface area contributed by atoms with E-state index in [0.29, 0.717) is 24.6 Å². The van der Waals surface area contributed by atoms with Gasteiger partial charge >= 0.3 is 0 Å². The van der Waals surface area contributed by atoms with Crippen LogP contribution in [0.15, 0.2) is 12.4 Å². The maximum absolute atomic E-state index is 12.5. The van der Waals surface area contributed by atoms with Gasteiger partial charge in [0, 0.05) is 26.2 Å². The predicted molar refractivity (Wildman–Crippen MR) is 81.4 cm³/mol. The van der Waals surface area contributed by atoms with E-state index in [0.717, 1.165) is 32.4 Å². The summed E-state index contributed by atoms with van der Waals surface area (Å²) in [6, 6.07) is 0. The normalized spacial score (nSPS) is 17.7. The van der Waals surface area contributed by atoms with Crippen LogP contribution in [-0.2, 0) is 4.74 Å². The molecule has 0 radical (unpaired) electrons. The Morgan fingerprint density at radius 1 is 1.48 bits per heavy atom. The van der Waals surface area contributed by atoms with E-state index in [1.807, 2.05) is 6.92 Å². The lowest BCUT2D eigenvalue weighted by atomic mass is 10.2. The number of nitrogens with one attached hydrogen (secondary N) is 1. The molecule has 0 aromatic carbocycles. The highest BCUT2D eigenvalue weighted by Crippen LogP contribution is 2.14. The lowest BCUT2D eigenvalue weighted by Crippen LogP contribution is -2.37. The molecule has 1 saturated heterocycles. The van der Waals surface area contributed by atoms with E-state index in [1.54, 1.807) is 11.1 Å². The lowest BCUT2D eigenvalue weighted by molar-refractivity contribution is 0.0534. The Bertz CT molecular complexity index is 461. The van der Waals surface area contributed by atoms with Crippen molar-refractivity contribution in [3.05, 3.63) is 18.1 Å². The van der Waals surface area contributed by atoms with E-state index in [2.05, 4.69) is 22.2 Å². The molecule has 1 aromatic rings. The molecule has 0 aliphatic carbocycles. The Morgan fingerprint density at radius 3 is 3.00 bits per heavy atom. The summed E-state index contributed by atoms with van der Waals surface area (Å²) in [7, 11) is 0. The molecule has 0 saturated carbocycles. The van der Waals surface area contributed by atoms with Crippen molar-refractivity contribution in [3.63, 3.8) is 0 Å². The smallest absolute Gasteiger partial charge is 0.274 e. The van der Waals surface area contributed by atoms with Crippen LogP contribution in [-0.4, -0.2) is 53.1 Å². The molecule has 1 N–H and O–H groups in total. The average Bonchev–Trinajstić information content (AvgIpc) is 3.03. The molecule has 1 aliphatic heterocycles. The van der Waals surface area contributed by atoms with E-state index < -0.39 is 0 Å². The highest BCUT2D eigenvalue weighted by molar-refractivity contribution is 5.92. The van der Waals surface area contributed by atoms with Crippen LogP contribution in [0.25, 0.3) is 0 Å². The van der Waals surface area contributed by atoms with E-state index in [1.165, 1.54) is 6.20 Å². The second-order valence-electron chi connectivity index (χ2n) is 5.20. The SMILES string of the molecule is CCCNc1cncc(C(=O)N(CC)CC2CCCO2)n1. The quantitative estimate of drug-likeness (QED) is 0.832. The average molecular weight is 292 g/mol. The molecular weight excluding hydrogens is 268 g/mol. The van der Waals surface area contributed by atoms with Crippen molar-refractivity contribution in [3.8, 4) is 0 Å². The van der Waals surface area contributed by atoms with Crippen molar-refractivity contribution in [1.29, 1.82) is 0 Å². The summed E-state index contributed by atoms with van der Waals surface area (Å²) < 4.78 is 5.61. The van der Waals surface area contributed by atoms with Gasteiger partial charge in [-0.1, -0.05) is 6.92 Å². The molecule has 116 valence electrons. The third-order valence-corrected chi connectivity index (χ3v) is 3.53. The Balaban J connectivity index is 2.02. The molecule has 1 fully saturated rings. The molecule has 2 heterocycles. The van der Waals surface area contributed by atoms with Crippen LogP contribution in [0.1, 0.15) is 43.6 Å². The van der Waals surface area contributed by atoms with E-state index in [-0.39, 0.29) is 12.0 Å². The maximum Gasteiger partial charge on any atom is 0.274 e. The number of ether oxygens (including phenoxy) is 1. The number of rotatable bonds is 7. The van der Waals surface area contributed by atoms with Gasteiger partial charge in [-0.15, -0.1) is 0 Å². The molecule has 6 heteroatoms. The standard InChI is InChI=1S/C15H24N4O2/c1-3-7-17-14-10-16-9-13(18-14)15(20)19(4-2)11-12-6-5-8-21-12/h9-10,12H,3-8,11H2,1-2H3,(H,17,18). The predicted octanol–water partition coefficient (Wildman–Crippen LogP) is 1.94. The van der Waals surface area contributed by atoms with Crippen molar-refractivity contribution in [2.75, 3.05) is 31.6 Å². The fraction of sp³-hybridized carbons (Fsp3) is 0.667. The minimum absolute atomic E-state index is 0.0827. The Hall–Kier alpha value is -1.69. The number of carbonyl (C=O) groups excluding carboxylic acids is 1. The largest absolute Gasteiger partial charge is 0.376 e. The van der Waals surface area contributed by atoms with Crippen molar-refractivity contribution in [1.82, 2.24) is 14.9 Å². The zero-order valence-electron chi connectivity index (χ0n) is 12.8. The first-order valence-electron chi connectivity index (χ1n) is 7.71. The summed E-state index contributed by atoms with van der Waals surface area (Å²) >= 11 is 0. The number of hydrogen-bond acceptors (Lipinski definition) is 5. The maximum atomic E-state index is 12.5. The fourth-order valence-corrected chi connectivity index (χ4v) is 2.36. The lowest BCUT2D eigenvalue weighted by Gasteiger charge is -2.23. The Labute approximate surface area is 125 Å². The second-order valence-corrected chi connectivity index (χ2v) is 5.20. The van der Waals surface area contributed by atoms with Gasteiger partial charge in [0.05, 0.1) is 18.5 Å². The number of aromatic nitrogens is 2. The van der Waals surface area contributed by atoms with Gasteiger partial charge in [0.2, 0.25) is 0 Å². The third kappa shape index (κ3) is 4.39. The fourth-order valence-electron chi connectivity index (χ4n) is 2.36. The summed E-state index contributed by atoms with van der Waals surface area (Å²) in [5, 5.41) is 3.15. The van der Waals surface area contributed by atoms with E-state index >= 15 is 0 Å². The van der Waals surface area contributed by atoms with Gasteiger partial charge < -0.3 is 15.0 Å². The van der Waals surface area contributed by atoms with Crippen LogP contribution in [0.2, 0.25) is 0 Å². The van der Waals surface area contributed by atoms with Crippen LogP contribution < -0.4 is 5.32 Å². The number of carbonyl (C=O) groups is 1. The van der Waals surface area contributed by atoms with Crippen molar-refractivity contribution in [2.24, 2.45) is 0 Å². The van der Waals surface area contributed by atoms with Crippen molar-refractivity contribution >= 4 is 11.7 Å². The van der Waals surface area contributed by atoms with Crippen LogP contribution in [0.4, 0.5) is 5.82 Å². The number of anilines is 1. The molecule has 2 rings (SSSR count). The van der Waals surface area contributed by atoms with Gasteiger partial charge in [-0.3, -0.25) is 9.78 Å². The number of likely N-dealkylation sites (N-methyl/N-ethyl adjacent to an activating group) is 1. The zero-order chi connectivity index (χ0) is 15.1. The molecule has 1 unspecified atom stereocenters. The second kappa shape index (κ2) is 7.93. The van der Waals surface area contributed by atoms with Crippen LogP contribution >= 0.6 is 0 Å². The van der Waals surface area contributed by atoms with Crippen LogP contribution in [0.5, 0.6) is 0 Å². The van der Waals surface area contributed by atoms with E-state index in [9.17, 15) is 4.79 Å². The summed E-state index contributed by atoms with van der Waals surface area (Å²) in [6.07, 6.45) is 6.42. The first kappa shape index (κ1) is 15.7. The van der Waals surface area contributed by atoms with Gasteiger partial charge in [-0.25, -0.2) is 4.98 Å². The van der Waals surface area contributed by atoms with Crippen molar-refractivity contribution < 1.29 is 9.53 Å². The Kier molecular flexibility index (Phi) is 5.92. The van der Waals surface area contributed by atoms with Crippen LogP contribution in [0, 0.1) is 0 Å². The van der Waals surface area contributed by atoms with Gasteiger partial charge in [0.25, 0.3) is 5.91 Å². The summed E-state index contributed by atoms with van der Waals surface area (Å²) in [5.74, 6) is 0.566. The minimum Gasteiger partial charge on any atom is -0.376 e. The van der Waals surface area contributed by atoms with Gasteiger partial charge in [0.1, 0.15) is 11.5 Å². The number of hydrogen-bond donors (Lipinski definition) is 1. The molecular formula is C15H24N4O2. The third-order valence-electron chi connectivity index (χ3n) is 3.53. The first-order chi connectivity index (χ1) is 10.2. The molecule has 0 spiro atoms. The summed E-state index contributed by atoms with van der Waals surface area (Å²) in [4.78, 5) is 22.8. The Morgan fingerprint density at radius 2 is 2.33 bits per heavy atom. The highest BCUT2D eigenvalue weighted by Gasteiger charge is 2.23. The molecule has 1 aliphatic rings. The number of nitrogens with zero attached hydrogens (tertiary/aromatic N) is 3. The molecule has 1 amide bonds. The molecule has 6 nitrogen and oxygen atoms in total. The monoisotopic (exact) mass is 292 g/mol. The molecule has 1 atom stereocenters. The van der Waals surface area contributed by atoms with Gasteiger partial charge in [0.15, 0.2) is 0 Å². The van der Waals surface area contributed by atoms with E-state index in [4.69, 9.17) is 4.74 Å². The topological polar surface area (TPSA) is 67.4 Å². The molecule has 21 heavy (non-hydrogen) atoms. The van der Waals surface area contributed by atoms with Gasteiger partial charge in [-0.05, 0) is 26.2 Å². The molecule has 1 aromatic heterocycles. The van der Waals surface area contributed by atoms with Crippen LogP contribution in [0.3, 0.4) is 0 Å². The zero-order valence-corrected chi connectivity index (χ0v) is 12.8. The number of amides is 1. The summed E-state index contributed by atoms with van der Waals surface area (Å²) in [6.45, 7) is 6.94. The minimum atomic E-state index is -0.0827. The van der Waals surface area contributed by atoms with Gasteiger partial charge in [-0.2, -0.15) is 0 Å². The molecule has 0 bridgehead atoms. The first-order valence-corrected chi connectivity index (χ1v) is 7.71. The van der Waals surface area contributed by atoms with Crippen molar-refractivity contribution in [2.45, 2.75) is 39.2 Å². The summed E-state index contributed by atoms with van der Waals surface area (Å²) in [5.41, 5.74) is 0.385.